The molecule has 0 heterocycles. The average Bonchev–Trinajstić information content (AvgIpc) is 2.28. The van der Waals surface area contributed by atoms with Crippen LogP contribution in [0.4, 0.5) is 4.39 Å². The second-order valence-corrected chi connectivity index (χ2v) is 5.19. The van der Waals surface area contributed by atoms with Crippen LogP contribution in [0.25, 0.3) is 0 Å². The van der Waals surface area contributed by atoms with E-state index in [1.165, 1.54) is 6.07 Å². The molecule has 0 aliphatic heterocycles. The van der Waals surface area contributed by atoms with E-state index in [4.69, 9.17) is 0 Å². The van der Waals surface area contributed by atoms with Crippen LogP contribution in [0.3, 0.4) is 0 Å². The lowest BCUT2D eigenvalue weighted by Gasteiger charge is -2.20. The summed E-state index contributed by atoms with van der Waals surface area (Å²) in [5.41, 5.74) is 0.0819. The molecule has 2 nitrogen and oxygen atoms in total. The first-order chi connectivity index (χ1) is 7.97. The van der Waals surface area contributed by atoms with E-state index in [9.17, 15) is 9.18 Å². The standard InChI is InChI=1S/C13H17BrFNO/c1-4-11(8(2)3)16-13(17)9-6-5-7-10(14)12(9)15/h5-8,11H,4H2,1-3H3,(H,16,17). The van der Waals surface area contributed by atoms with Crippen LogP contribution in [-0.4, -0.2) is 11.9 Å². The normalized spacial score (nSPS) is 12.6. The number of carbonyl (C=O) groups is 1. The van der Waals surface area contributed by atoms with Crippen molar-refractivity contribution in [3.05, 3.63) is 34.1 Å². The zero-order chi connectivity index (χ0) is 13.0. The Morgan fingerprint density at radius 3 is 2.65 bits per heavy atom. The topological polar surface area (TPSA) is 29.1 Å². The van der Waals surface area contributed by atoms with Gasteiger partial charge < -0.3 is 5.32 Å². The molecule has 0 aliphatic carbocycles. The van der Waals surface area contributed by atoms with Crippen LogP contribution in [0.15, 0.2) is 22.7 Å². The fourth-order valence-corrected chi connectivity index (χ4v) is 2.03. The van der Waals surface area contributed by atoms with Crippen molar-refractivity contribution in [3.63, 3.8) is 0 Å². The molecule has 17 heavy (non-hydrogen) atoms. The monoisotopic (exact) mass is 301 g/mol. The van der Waals surface area contributed by atoms with Crippen LogP contribution in [0, 0.1) is 11.7 Å². The molecule has 0 saturated carbocycles. The molecule has 1 amide bonds. The van der Waals surface area contributed by atoms with E-state index in [0.717, 1.165) is 6.42 Å². The van der Waals surface area contributed by atoms with Crippen LogP contribution in [0.5, 0.6) is 0 Å². The maximum Gasteiger partial charge on any atom is 0.254 e. The summed E-state index contributed by atoms with van der Waals surface area (Å²) >= 11 is 3.07. The van der Waals surface area contributed by atoms with E-state index < -0.39 is 5.82 Å². The second-order valence-electron chi connectivity index (χ2n) is 4.33. The number of halogens is 2. The van der Waals surface area contributed by atoms with Gasteiger partial charge in [0.15, 0.2) is 0 Å². The second kappa shape index (κ2) is 6.15. The molecule has 1 aromatic carbocycles. The Morgan fingerprint density at radius 2 is 2.12 bits per heavy atom. The van der Waals surface area contributed by atoms with Crippen molar-refractivity contribution in [2.45, 2.75) is 33.2 Å². The van der Waals surface area contributed by atoms with Crippen LogP contribution >= 0.6 is 15.9 Å². The van der Waals surface area contributed by atoms with Gasteiger partial charge in [-0.3, -0.25) is 4.79 Å². The van der Waals surface area contributed by atoms with E-state index in [-0.39, 0.29) is 17.5 Å². The van der Waals surface area contributed by atoms with Gasteiger partial charge >= 0.3 is 0 Å². The molecule has 0 aromatic heterocycles. The maximum atomic E-state index is 13.7. The fraction of sp³-hybridized carbons (Fsp3) is 0.462. The SMILES string of the molecule is CCC(NC(=O)c1cccc(Br)c1F)C(C)C. The lowest BCUT2D eigenvalue weighted by atomic mass is 10.0. The number of hydrogen-bond donors (Lipinski definition) is 1. The molecule has 4 heteroatoms. The highest BCUT2D eigenvalue weighted by Crippen LogP contribution is 2.19. The Labute approximate surface area is 110 Å². The molecule has 0 fully saturated rings. The van der Waals surface area contributed by atoms with Crippen molar-refractivity contribution in [2.24, 2.45) is 5.92 Å². The predicted octanol–water partition coefficient (Wildman–Crippen LogP) is 3.75. The largest absolute Gasteiger partial charge is 0.349 e. The summed E-state index contributed by atoms with van der Waals surface area (Å²) in [4.78, 5) is 11.9. The van der Waals surface area contributed by atoms with Crippen LogP contribution in [0.2, 0.25) is 0 Å². The molecule has 1 rings (SSSR count). The van der Waals surface area contributed by atoms with Gasteiger partial charge in [-0.25, -0.2) is 4.39 Å². The lowest BCUT2D eigenvalue weighted by molar-refractivity contribution is 0.0920. The smallest absolute Gasteiger partial charge is 0.254 e. The number of amides is 1. The van der Waals surface area contributed by atoms with Crippen molar-refractivity contribution in [1.29, 1.82) is 0 Å². The van der Waals surface area contributed by atoms with Crippen LogP contribution in [0.1, 0.15) is 37.6 Å². The third-order valence-electron chi connectivity index (χ3n) is 2.76. The Kier molecular flexibility index (Phi) is 5.12. The molecule has 94 valence electrons. The van der Waals surface area contributed by atoms with Gasteiger partial charge in [-0.05, 0) is 40.4 Å². The minimum Gasteiger partial charge on any atom is -0.349 e. The van der Waals surface area contributed by atoms with Crippen molar-refractivity contribution in [2.75, 3.05) is 0 Å². The highest BCUT2D eigenvalue weighted by Gasteiger charge is 2.18. The minimum absolute atomic E-state index is 0.0703. The molecular weight excluding hydrogens is 285 g/mol. The molecule has 1 aromatic rings. The summed E-state index contributed by atoms with van der Waals surface area (Å²) in [5, 5.41) is 2.85. The highest BCUT2D eigenvalue weighted by atomic mass is 79.9. The maximum absolute atomic E-state index is 13.7. The van der Waals surface area contributed by atoms with Gasteiger partial charge in [0.1, 0.15) is 5.82 Å². The molecule has 0 aliphatic rings. The van der Waals surface area contributed by atoms with E-state index in [0.29, 0.717) is 10.4 Å². The average molecular weight is 302 g/mol. The number of benzene rings is 1. The van der Waals surface area contributed by atoms with Gasteiger partial charge in [0.2, 0.25) is 0 Å². The molecular formula is C13H17BrFNO. The summed E-state index contributed by atoms with van der Waals surface area (Å²) in [6.07, 6.45) is 0.832. The summed E-state index contributed by atoms with van der Waals surface area (Å²) < 4.78 is 14.0. The number of hydrogen-bond acceptors (Lipinski definition) is 1. The Balaban J connectivity index is 2.86. The molecule has 1 unspecified atom stereocenters. The lowest BCUT2D eigenvalue weighted by Crippen LogP contribution is -2.38. The Morgan fingerprint density at radius 1 is 1.47 bits per heavy atom. The van der Waals surface area contributed by atoms with Crippen molar-refractivity contribution in [1.82, 2.24) is 5.32 Å². The van der Waals surface area contributed by atoms with Gasteiger partial charge in [0, 0.05) is 6.04 Å². The first-order valence-corrected chi connectivity index (χ1v) is 6.51. The minimum atomic E-state index is -0.511. The third kappa shape index (κ3) is 3.53. The number of carbonyl (C=O) groups excluding carboxylic acids is 1. The van der Waals surface area contributed by atoms with E-state index >= 15 is 0 Å². The molecule has 1 N–H and O–H groups in total. The van der Waals surface area contributed by atoms with E-state index in [1.54, 1.807) is 12.1 Å². The van der Waals surface area contributed by atoms with Gasteiger partial charge in [0.25, 0.3) is 5.91 Å². The molecule has 0 radical (unpaired) electrons. The zero-order valence-electron chi connectivity index (χ0n) is 10.3. The summed E-state index contributed by atoms with van der Waals surface area (Å²) in [5.74, 6) is -0.535. The van der Waals surface area contributed by atoms with Crippen molar-refractivity contribution >= 4 is 21.8 Å². The first kappa shape index (κ1) is 14.2. The number of nitrogens with one attached hydrogen (secondary N) is 1. The predicted molar refractivity (Wildman–Crippen MR) is 70.5 cm³/mol. The fourth-order valence-electron chi connectivity index (χ4n) is 1.67. The molecule has 0 bridgehead atoms. The van der Waals surface area contributed by atoms with Gasteiger partial charge in [-0.15, -0.1) is 0 Å². The first-order valence-electron chi connectivity index (χ1n) is 5.72. The zero-order valence-corrected chi connectivity index (χ0v) is 11.8. The number of rotatable bonds is 4. The highest BCUT2D eigenvalue weighted by molar-refractivity contribution is 9.10. The van der Waals surface area contributed by atoms with Crippen molar-refractivity contribution < 1.29 is 9.18 Å². The quantitative estimate of drug-likeness (QED) is 0.901. The summed E-state index contributed by atoms with van der Waals surface area (Å²) in [6.45, 7) is 6.07. The third-order valence-corrected chi connectivity index (χ3v) is 3.37. The van der Waals surface area contributed by atoms with Gasteiger partial charge in [-0.2, -0.15) is 0 Å². The molecule has 1 atom stereocenters. The Hall–Kier alpha value is -0.900. The van der Waals surface area contributed by atoms with Crippen LogP contribution < -0.4 is 5.32 Å². The van der Waals surface area contributed by atoms with E-state index in [1.807, 2.05) is 20.8 Å². The summed E-state index contributed by atoms with van der Waals surface area (Å²) in [6, 6.07) is 4.79. The molecule has 0 saturated heterocycles. The van der Waals surface area contributed by atoms with Crippen molar-refractivity contribution in [3.8, 4) is 0 Å². The summed E-state index contributed by atoms with van der Waals surface area (Å²) in [7, 11) is 0. The van der Waals surface area contributed by atoms with Gasteiger partial charge in [0.05, 0.1) is 10.0 Å². The molecule has 0 spiro atoms. The van der Waals surface area contributed by atoms with Crippen LogP contribution in [-0.2, 0) is 0 Å². The Bertz CT molecular complexity index is 406. The van der Waals surface area contributed by atoms with E-state index in [2.05, 4.69) is 21.2 Å². The van der Waals surface area contributed by atoms with Gasteiger partial charge in [-0.1, -0.05) is 26.8 Å².